The average molecular weight is 237 g/mol. The highest BCUT2D eigenvalue weighted by molar-refractivity contribution is 5.20. The summed E-state index contributed by atoms with van der Waals surface area (Å²) in [6.07, 6.45) is 3.21. The Morgan fingerprint density at radius 2 is 2.12 bits per heavy atom. The van der Waals surface area contributed by atoms with Crippen LogP contribution in [0.3, 0.4) is 0 Å². The van der Waals surface area contributed by atoms with Gasteiger partial charge >= 0.3 is 0 Å². The first-order valence-electron chi connectivity index (χ1n) is 6.35. The molecule has 2 nitrogen and oxygen atoms in total. The van der Waals surface area contributed by atoms with Gasteiger partial charge in [0.25, 0.3) is 0 Å². The van der Waals surface area contributed by atoms with Crippen molar-refractivity contribution < 1.29 is 9.13 Å². The van der Waals surface area contributed by atoms with Gasteiger partial charge in [-0.1, -0.05) is 18.2 Å². The number of rotatable bonds is 3. The number of hydrogen-bond acceptors (Lipinski definition) is 2. The lowest BCUT2D eigenvalue weighted by Gasteiger charge is -2.22. The van der Waals surface area contributed by atoms with Gasteiger partial charge < -0.3 is 10.1 Å². The Bertz CT molecular complexity index is 348. The molecule has 0 spiro atoms. The zero-order valence-electron chi connectivity index (χ0n) is 10.3. The monoisotopic (exact) mass is 237 g/mol. The SMILES string of the molecule is C[C@@H](NC1CCCOCC1)c1ccccc1F. The molecular weight excluding hydrogens is 217 g/mol. The molecule has 0 amide bonds. The van der Waals surface area contributed by atoms with E-state index in [4.69, 9.17) is 4.74 Å². The number of hydrogen-bond donors (Lipinski definition) is 1. The summed E-state index contributed by atoms with van der Waals surface area (Å²) in [5.41, 5.74) is 0.748. The molecule has 1 unspecified atom stereocenters. The summed E-state index contributed by atoms with van der Waals surface area (Å²) in [6, 6.07) is 7.47. The fourth-order valence-corrected chi connectivity index (χ4v) is 2.34. The van der Waals surface area contributed by atoms with Gasteiger partial charge in [-0.25, -0.2) is 4.39 Å². The van der Waals surface area contributed by atoms with E-state index in [0.717, 1.165) is 38.0 Å². The molecule has 3 heteroatoms. The summed E-state index contributed by atoms with van der Waals surface area (Å²) >= 11 is 0. The lowest BCUT2D eigenvalue weighted by molar-refractivity contribution is 0.142. The van der Waals surface area contributed by atoms with E-state index in [2.05, 4.69) is 5.32 Å². The first-order valence-corrected chi connectivity index (χ1v) is 6.35. The molecule has 1 fully saturated rings. The van der Waals surface area contributed by atoms with Crippen LogP contribution in [-0.2, 0) is 4.74 Å². The minimum Gasteiger partial charge on any atom is -0.381 e. The Morgan fingerprint density at radius 1 is 1.29 bits per heavy atom. The van der Waals surface area contributed by atoms with Crippen molar-refractivity contribution in [3.8, 4) is 0 Å². The summed E-state index contributed by atoms with van der Waals surface area (Å²) in [4.78, 5) is 0. The molecule has 0 radical (unpaired) electrons. The summed E-state index contributed by atoms with van der Waals surface area (Å²) in [5.74, 6) is -0.127. The highest BCUT2D eigenvalue weighted by Crippen LogP contribution is 2.19. The van der Waals surface area contributed by atoms with E-state index < -0.39 is 0 Å². The van der Waals surface area contributed by atoms with Crippen LogP contribution in [0.1, 0.15) is 37.8 Å². The zero-order valence-corrected chi connectivity index (χ0v) is 10.3. The van der Waals surface area contributed by atoms with Gasteiger partial charge in [0.1, 0.15) is 5.82 Å². The molecule has 1 heterocycles. The number of ether oxygens (including phenoxy) is 1. The molecule has 2 rings (SSSR count). The van der Waals surface area contributed by atoms with Crippen LogP contribution in [0.15, 0.2) is 24.3 Å². The van der Waals surface area contributed by atoms with Gasteiger partial charge in [0.05, 0.1) is 0 Å². The molecule has 1 aromatic rings. The molecule has 2 atom stereocenters. The number of halogens is 1. The first-order chi connectivity index (χ1) is 8.27. The number of benzene rings is 1. The maximum atomic E-state index is 13.6. The van der Waals surface area contributed by atoms with Gasteiger partial charge in [-0.05, 0) is 32.3 Å². The maximum Gasteiger partial charge on any atom is 0.127 e. The molecule has 1 saturated heterocycles. The average Bonchev–Trinajstić information content (AvgIpc) is 2.58. The van der Waals surface area contributed by atoms with E-state index in [1.807, 2.05) is 19.1 Å². The van der Waals surface area contributed by atoms with Crippen molar-refractivity contribution in [3.05, 3.63) is 35.6 Å². The fourth-order valence-electron chi connectivity index (χ4n) is 2.34. The van der Waals surface area contributed by atoms with Gasteiger partial charge in [0, 0.05) is 30.9 Å². The van der Waals surface area contributed by atoms with E-state index in [-0.39, 0.29) is 11.9 Å². The molecular formula is C14H20FNO. The van der Waals surface area contributed by atoms with Crippen LogP contribution in [0.25, 0.3) is 0 Å². The highest BCUT2D eigenvalue weighted by atomic mass is 19.1. The van der Waals surface area contributed by atoms with Crippen molar-refractivity contribution in [1.82, 2.24) is 5.32 Å². The summed E-state index contributed by atoms with van der Waals surface area (Å²) in [7, 11) is 0. The zero-order chi connectivity index (χ0) is 12.1. The molecule has 1 aromatic carbocycles. The number of nitrogens with one attached hydrogen (secondary N) is 1. The third-order valence-electron chi connectivity index (χ3n) is 3.31. The molecule has 17 heavy (non-hydrogen) atoms. The van der Waals surface area contributed by atoms with Crippen LogP contribution in [0.5, 0.6) is 0 Å². The molecule has 0 aromatic heterocycles. The fraction of sp³-hybridized carbons (Fsp3) is 0.571. The van der Waals surface area contributed by atoms with E-state index in [9.17, 15) is 4.39 Å². The smallest absolute Gasteiger partial charge is 0.127 e. The summed E-state index contributed by atoms with van der Waals surface area (Å²) < 4.78 is 19.0. The van der Waals surface area contributed by atoms with Gasteiger partial charge in [-0.3, -0.25) is 0 Å². The van der Waals surface area contributed by atoms with E-state index in [0.29, 0.717) is 6.04 Å². The third-order valence-corrected chi connectivity index (χ3v) is 3.31. The minimum absolute atomic E-state index is 0.0549. The lowest BCUT2D eigenvalue weighted by Crippen LogP contribution is -2.32. The van der Waals surface area contributed by atoms with Crippen molar-refractivity contribution in [1.29, 1.82) is 0 Å². The van der Waals surface area contributed by atoms with Crippen LogP contribution >= 0.6 is 0 Å². The maximum absolute atomic E-state index is 13.6. The third kappa shape index (κ3) is 3.51. The van der Waals surface area contributed by atoms with E-state index >= 15 is 0 Å². The second-order valence-electron chi connectivity index (χ2n) is 4.65. The van der Waals surface area contributed by atoms with Crippen LogP contribution in [0.4, 0.5) is 4.39 Å². The van der Waals surface area contributed by atoms with Crippen molar-refractivity contribution >= 4 is 0 Å². The predicted molar refractivity (Wildman–Crippen MR) is 66.4 cm³/mol. The van der Waals surface area contributed by atoms with Crippen molar-refractivity contribution in [3.63, 3.8) is 0 Å². The Balaban J connectivity index is 1.96. The van der Waals surface area contributed by atoms with Crippen LogP contribution in [0.2, 0.25) is 0 Å². The second-order valence-corrected chi connectivity index (χ2v) is 4.65. The van der Waals surface area contributed by atoms with E-state index in [1.54, 1.807) is 6.07 Å². The van der Waals surface area contributed by atoms with Crippen LogP contribution in [-0.4, -0.2) is 19.3 Å². The Labute approximate surface area is 102 Å². The van der Waals surface area contributed by atoms with Gasteiger partial charge in [0.2, 0.25) is 0 Å². The standard InChI is InChI=1S/C14H20FNO/c1-11(13-6-2-3-7-14(13)15)16-12-5-4-9-17-10-8-12/h2-3,6-7,11-12,16H,4-5,8-10H2,1H3/t11-,12?/m1/s1. The summed E-state index contributed by atoms with van der Waals surface area (Å²) in [5, 5.41) is 3.50. The second kappa shape index (κ2) is 6.12. The Hall–Kier alpha value is -0.930. The van der Waals surface area contributed by atoms with Crippen LogP contribution in [0, 0.1) is 5.82 Å². The Morgan fingerprint density at radius 3 is 2.94 bits per heavy atom. The topological polar surface area (TPSA) is 21.3 Å². The van der Waals surface area contributed by atoms with E-state index in [1.165, 1.54) is 6.07 Å². The molecule has 0 saturated carbocycles. The van der Waals surface area contributed by atoms with Crippen molar-refractivity contribution in [2.24, 2.45) is 0 Å². The first kappa shape index (κ1) is 12.5. The quantitative estimate of drug-likeness (QED) is 0.872. The summed E-state index contributed by atoms with van der Waals surface area (Å²) in [6.45, 7) is 3.68. The normalized spacial score (nSPS) is 23.1. The largest absolute Gasteiger partial charge is 0.381 e. The molecule has 1 N–H and O–H groups in total. The van der Waals surface area contributed by atoms with Crippen molar-refractivity contribution in [2.75, 3.05) is 13.2 Å². The lowest BCUT2D eigenvalue weighted by atomic mass is 10.0. The Kier molecular flexibility index (Phi) is 4.51. The molecule has 1 aliphatic heterocycles. The minimum atomic E-state index is -0.127. The molecule has 1 aliphatic rings. The van der Waals surface area contributed by atoms with Gasteiger partial charge in [-0.2, -0.15) is 0 Å². The molecule has 0 bridgehead atoms. The van der Waals surface area contributed by atoms with Gasteiger partial charge in [0.15, 0.2) is 0 Å². The van der Waals surface area contributed by atoms with Crippen LogP contribution < -0.4 is 5.32 Å². The molecule has 0 aliphatic carbocycles. The van der Waals surface area contributed by atoms with Gasteiger partial charge in [-0.15, -0.1) is 0 Å². The predicted octanol–water partition coefficient (Wildman–Crippen LogP) is 3.05. The highest BCUT2D eigenvalue weighted by Gasteiger charge is 2.17. The molecule has 94 valence electrons. The van der Waals surface area contributed by atoms with Crippen molar-refractivity contribution in [2.45, 2.75) is 38.3 Å².